The molecule has 3 heteroatoms. The molecule has 15 heavy (non-hydrogen) atoms. The average molecular weight is 205 g/mol. The fourth-order valence-corrected chi connectivity index (χ4v) is 2.03. The van der Waals surface area contributed by atoms with E-state index in [1.807, 2.05) is 18.3 Å². The van der Waals surface area contributed by atoms with E-state index in [1.54, 1.807) is 0 Å². The molecule has 1 aromatic rings. The van der Waals surface area contributed by atoms with Gasteiger partial charge < -0.3 is 10.2 Å². The highest BCUT2D eigenvalue weighted by molar-refractivity contribution is 5.36. The number of hydrogen-bond acceptors (Lipinski definition) is 3. The van der Waals surface area contributed by atoms with Crippen LogP contribution in [0.3, 0.4) is 0 Å². The van der Waals surface area contributed by atoms with Crippen molar-refractivity contribution in [3.63, 3.8) is 0 Å². The molecule has 0 radical (unpaired) electrons. The maximum atomic E-state index is 4.33. The molecule has 1 aliphatic rings. The average Bonchev–Trinajstić information content (AvgIpc) is 2.80. The molecule has 1 unspecified atom stereocenters. The molecule has 1 aliphatic heterocycles. The molecule has 3 nitrogen and oxygen atoms in total. The van der Waals surface area contributed by atoms with E-state index in [1.165, 1.54) is 25.9 Å². The lowest BCUT2D eigenvalue weighted by molar-refractivity contribution is 0.532. The third-order valence-corrected chi connectivity index (χ3v) is 3.08. The van der Waals surface area contributed by atoms with Crippen molar-refractivity contribution in [1.29, 1.82) is 0 Å². The zero-order valence-electron chi connectivity index (χ0n) is 9.32. The second-order valence-corrected chi connectivity index (χ2v) is 4.26. The summed E-state index contributed by atoms with van der Waals surface area (Å²) in [6.07, 6.45) is 4.44. The van der Waals surface area contributed by atoms with Gasteiger partial charge in [0.1, 0.15) is 5.82 Å². The number of rotatable bonds is 4. The SMILES string of the molecule is CN(CCC1CCNC1)c1ccccn1. The Morgan fingerprint density at radius 1 is 1.53 bits per heavy atom. The molecule has 0 aliphatic carbocycles. The molecule has 1 atom stereocenters. The Balaban J connectivity index is 1.79. The molecule has 0 amide bonds. The zero-order chi connectivity index (χ0) is 10.5. The van der Waals surface area contributed by atoms with Crippen molar-refractivity contribution < 1.29 is 0 Å². The molecule has 0 aromatic carbocycles. The molecule has 1 saturated heterocycles. The van der Waals surface area contributed by atoms with Crippen molar-refractivity contribution in [2.24, 2.45) is 5.92 Å². The van der Waals surface area contributed by atoms with Crippen LogP contribution >= 0.6 is 0 Å². The molecule has 82 valence electrons. The Bertz CT molecular complexity index is 280. The molecule has 1 aromatic heterocycles. The molecular formula is C12H19N3. The quantitative estimate of drug-likeness (QED) is 0.807. The van der Waals surface area contributed by atoms with Gasteiger partial charge in [-0.1, -0.05) is 6.07 Å². The maximum absolute atomic E-state index is 4.33. The summed E-state index contributed by atoms with van der Waals surface area (Å²) in [5.74, 6) is 1.93. The molecule has 1 fully saturated rings. The lowest BCUT2D eigenvalue weighted by atomic mass is 10.1. The number of hydrogen-bond donors (Lipinski definition) is 1. The van der Waals surface area contributed by atoms with E-state index in [2.05, 4.69) is 28.3 Å². The van der Waals surface area contributed by atoms with Crippen LogP contribution in [0.2, 0.25) is 0 Å². The van der Waals surface area contributed by atoms with Gasteiger partial charge in [0.25, 0.3) is 0 Å². The van der Waals surface area contributed by atoms with Crippen molar-refractivity contribution in [2.45, 2.75) is 12.8 Å². The summed E-state index contributed by atoms with van der Waals surface area (Å²) >= 11 is 0. The van der Waals surface area contributed by atoms with Gasteiger partial charge in [-0.2, -0.15) is 0 Å². The van der Waals surface area contributed by atoms with Gasteiger partial charge in [-0.15, -0.1) is 0 Å². The highest BCUT2D eigenvalue weighted by atomic mass is 15.2. The smallest absolute Gasteiger partial charge is 0.128 e. The fraction of sp³-hybridized carbons (Fsp3) is 0.583. The highest BCUT2D eigenvalue weighted by Gasteiger charge is 2.14. The second-order valence-electron chi connectivity index (χ2n) is 4.26. The van der Waals surface area contributed by atoms with Gasteiger partial charge in [0.05, 0.1) is 0 Å². The zero-order valence-corrected chi connectivity index (χ0v) is 9.32. The normalized spacial score (nSPS) is 20.5. The number of anilines is 1. The van der Waals surface area contributed by atoms with Gasteiger partial charge in [-0.25, -0.2) is 4.98 Å². The highest BCUT2D eigenvalue weighted by Crippen LogP contribution is 2.14. The Hall–Kier alpha value is -1.09. The predicted molar refractivity (Wildman–Crippen MR) is 63.1 cm³/mol. The van der Waals surface area contributed by atoms with E-state index in [4.69, 9.17) is 0 Å². The van der Waals surface area contributed by atoms with Gasteiger partial charge in [0.2, 0.25) is 0 Å². The molecule has 2 heterocycles. The van der Waals surface area contributed by atoms with Crippen LogP contribution in [-0.2, 0) is 0 Å². The third-order valence-electron chi connectivity index (χ3n) is 3.08. The van der Waals surface area contributed by atoms with Crippen molar-refractivity contribution >= 4 is 5.82 Å². The minimum Gasteiger partial charge on any atom is -0.360 e. The topological polar surface area (TPSA) is 28.2 Å². The minimum atomic E-state index is 0.858. The van der Waals surface area contributed by atoms with Crippen molar-refractivity contribution in [2.75, 3.05) is 31.6 Å². The number of nitrogens with zero attached hydrogens (tertiary/aromatic N) is 2. The molecule has 1 N–H and O–H groups in total. The summed E-state index contributed by atoms with van der Waals surface area (Å²) in [6, 6.07) is 6.06. The van der Waals surface area contributed by atoms with E-state index in [0.29, 0.717) is 0 Å². The molecule has 2 rings (SSSR count). The molecule has 0 saturated carbocycles. The van der Waals surface area contributed by atoms with E-state index in [-0.39, 0.29) is 0 Å². The van der Waals surface area contributed by atoms with Crippen molar-refractivity contribution in [1.82, 2.24) is 10.3 Å². The van der Waals surface area contributed by atoms with Gasteiger partial charge in [0.15, 0.2) is 0 Å². The summed E-state index contributed by atoms with van der Waals surface area (Å²) in [5.41, 5.74) is 0. The maximum Gasteiger partial charge on any atom is 0.128 e. The van der Waals surface area contributed by atoms with Crippen LogP contribution in [0.4, 0.5) is 5.82 Å². The van der Waals surface area contributed by atoms with Gasteiger partial charge in [0, 0.05) is 19.8 Å². The standard InChI is InChI=1S/C12H19N3/c1-15(12-4-2-3-7-14-12)9-6-11-5-8-13-10-11/h2-4,7,11,13H,5-6,8-10H2,1H3. The Morgan fingerprint density at radius 3 is 3.13 bits per heavy atom. The van der Waals surface area contributed by atoms with Crippen LogP contribution in [0.1, 0.15) is 12.8 Å². The minimum absolute atomic E-state index is 0.858. The molecular weight excluding hydrogens is 186 g/mol. The van der Waals surface area contributed by atoms with Crippen LogP contribution in [0.15, 0.2) is 24.4 Å². The largest absolute Gasteiger partial charge is 0.360 e. The van der Waals surface area contributed by atoms with Crippen molar-refractivity contribution in [3.05, 3.63) is 24.4 Å². The van der Waals surface area contributed by atoms with Gasteiger partial charge >= 0.3 is 0 Å². The number of nitrogens with one attached hydrogen (secondary N) is 1. The molecule has 0 spiro atoms. The first kappa shape index (κ1) is 10.4. The van der Waals surface area contributed by atoms with Crippen LogP contribution in [-0.4, -0.2) is 31.7 Å². The third kappa shape index (κ3) is 2.93. The summed E-state index contributed by atoms with van der Waals surface area (Å²) < 4.78 is 0. The second kappa shape index (κ2) is 5.12. The summed E-state index contributed by atoms with van der Waals surface area (Å²) in [5, 5.41) is 3.40. The first-order chi connectivity index (χ1) is 7.36. The number of pyridine rings is 1. The van der Waals surface area contributed by atoms with Crippen molar-refractivity contribution in [3.8, 4) is 0 Å². The molecule has 0 bridgehead atoms. The lowest BCUT2D eigenvalue weighted by Gasteiger charge is -2.19. The van der Waals surface area contributed by atoms with Crippen LogP contribution < -0.4 is 10.2 Å². The van der Waals surface area contributed by atoms with E-state index in [0.717, 1.165) is 18.3 Å². The Labute approximate surface area is 91.5 Å². The van der Waals surface area contributed by atoms with E-state index < -0.39 is 0 Å². The number of aromatic nitrogens is 1. The van der Waals surface area contributed by atoms with E-state index in [9.17, 15) is 0 Å². The summed E-state index contributed by atoms with van der Waals surface area (Å²) in [6.45, 7) is 3.48. The van der Waals surface area contributed by atoms with Crippen LogP contribution in [0, 0.1) is 5.92 Å². The van der Waals surface area contributed by atoms with Gasteiger partial charge in [-0.3, -0.25) is 0 Å². The predicted octanol–water partition coefficient (Wildman–Crippen LogP) is 1.52. The van der Waals surface area contributed by atoms with E-state index >= 15 is 0 Å². The monoisotopic (exact) mass is 205 g/mol. The Kier molecular flexibility index (Phi) is 3.56. The Morgan fingerprint density at radius 2 is 2.47 bits per heavy atom. The van der Waals surface area contributed by atoms with Gasteiger partial charge in [-0.05, 0) is 44.0 Å². The first-order valence-electron chi connectivity index (χ1n) is 5.69. The summed E-state index contributed by atoms with van der Waals surface area (Å²) in [4.78, 5) is 6.57. The van der Waals surface area contributed by atoms with Crippen LogP contribution in [0.25, 0.3) is 0 Å². The van der Waals surface area contributed by atoms with Crippen LogP contribution in [0.5, 0.6) is 0 Å². The lowest BCUT2D eigenvalue weighted by Crippen LogP contribution is -2.22. The fourth-order valence-electron chi connectivity index (χ4n) is 2.03. The summed E-state index contributed by atoms with van der Waals surface area (Å²) in [7, 11) is 2.12. The first-order valence-corrected chi connectivity index (χ1v) is 5.69.